The second kappa shape index (κ2) is 9.53. The van der Waals surface area contributed by atoms with Gasteiger partial charge in [0.15, 0.2) is 0 Å². The number of aromatic nitrogens is 1. The average Bonchev–Trinajstić information content (AvgIpc) is 2.81. The Bertz CT molecular complexity index is 1010. The number of hydrogen-bond acceptors (Lipinski definition) is 3. The van der Waals surface area contributed by atoms with E-state index in [1.165, 1.54) is 0 Å². The van der Waals surface area contributed by atoms with E-state index in [2.05, 4.69) is 16.4 Å². The van der Waals surface area contributed by atoms with E-state index in [9.17, 15) is 9.59 Å². The molecule has 30 heavy (non-hydrogen) atoms. The lowest BCUT2D eigenvalue weighted by molar-refractivity contribution is -0.121. The molecule has 0 bridgehead atoms. The van der Waals surface area contributed by atoms with Gasteiger partial charge < -0.3 is 10.2 Å². The van der Waals surface area contributed by atoms with Crippen LogP contribution in [0.3, 0.4) is 0 Å². The van der Waals surface area contributed by atoms with Gasteiger partial charge in [0.2, 0.25) is 5.91 Å². The van der Waals surface area contributed by atoms with Crippen molar-refractivity contribution in [2.75, 3.05) is 13.1 Å². The quantitative estimate of drug-likeness (QED) is 0.674. The van der Waals surface area contributed by atoms with E-state index < -0.39 is 0 Å². The largest absolute Gasteiger partial charge is 0.352 e. The Kier molecular flexibility index (Phi) is 6.38. The molecule has 2 amide bonds. The minimum Gasteiger partial charge on any atom is -0.352 e. The number of fused-ring (bicyclic) bond motifs is 1. The number of amides is 2. The van der Waals surface area contributed by atoms with Gasteiger partial charge in [-0.05, 0) is 59.7 Å². The van der Waals surface area contributed by atoms with Crippen molar-refractivity contribution in [1.29, 1.82) is 0 Å². The molecule has 0 radical (unpaired) electrons. The van der Waals surface area contributed by atoms with Gasteiger partial charge in [0.25, 0.3) is 5.91 Å². The first kappa shape index (κ1) is 20.1. The van der Waals surface area contributed by atoms with Crippen LogP contribution in [0.4, 0.5) is 0 Å². The molecule has 1 saturated heterocycles. The highest BCUT2D eigenvalue weighted by atomic mass is 16.2. The first-order valence-electron chi connectivity index (χ1n) is 10.6. The number of hydrogen-bond donors (Lipinski definition) is 1. The molecule has 0 atom stereocenters. The van der Waals surface area contributed by atoms with Crippen molar-refractivity contribution in [3.05, 3.63) is 78.1 Å². The Morgan fingerprint density at radius 1 is 1.00 bits per heavy atom. The maximum absolute atomic E-state index is 12.9. The molecule has 4 rings (SSSR count). The van der Waals surface area contributed by atoms with E-state index in [0.29, 0.717) is 18.9 Å². The van der Waals surface area contributed by atoms with Crippen molar-refractivity contribution < 1.29 is 9.59 Å². The van der Waals surface area contributed by atoms with Crippen molar-refractivity contribution in [1.82, 2.24) is 15.2 Å². The average molecular weight is 402 g/mol. The minimum absolute atomic E-state index is 0.0773. The van der Waals surface area contributed by atoms with Crippen molar-refractivity contribution in [2.24, 2.45) is 5.92 Å². The lowest BCUT2D eigenvalue weighted by Crippen LogP contribution is -2.38. The lowest BCUT2D eigenvalue weighted by atomic mass is 9.91. The molecule has 0 saturated carbocycles. The van der Waals surface area contributed by atoms with Gasteiger partial charge >= 0.3 is 0 Å². The number of rotatable bonds is 6. The first-order chi connectivity index (χ1) is 14.7. The summed E-state index contributed by atoms with van der Waals surface area (Å²) in [5.41, 5.74) is 1.76. The Balaban J connectivity index is 1.22. The monoisotopic (exact) mass is 401 g/mol. The van der Waals surface area contributed by atoms with Gasteiger partial charge in [-0.2, -0.15) is 0 Å². The van der Waals surface area contributed by atoms with Crippen LogP contribution in [0.15, 0.2) is 67.0 Å². The van der Waals surface area contributed by atoms with Gasteiger partial charge in [-0.1, -0.05) is 36.4 Å². The molecule has 154 valence electrons. The lowest BCUT2D eigenvalue weighted by Gasteiger charge is -2.32. The molecular weight excluding hydrogens is 374 g/mol. The van der Waals surface area contributed by atoms with Gasteiger partial charge in [0.05, 0.1) is 0 Å². The summed E-state index contributed by atoms with van der Waals surface area (Å²) in [7, 11) is 0. The van der Waals surface area contributed by atoms with Crippen LogP contribution < -0.4 is 5.32 Å². The van der Waals surface area contributed by atoms with Gasteiger partial charge in [-0.3, -0.25) is 14.6 Å². The second-order valence-corrected chi connectivity index (χ2v) is 7.97. The molecule has 5 nitrogen and oxygen atoms in total. The molecule has 5 heteroatoms. The molecule has 2 heterocycles. The Labute approximate surface area is 177 Å². The van der Waals surface area contributed by atoms with Crippen LogP contribution in [-0.2, 0) is 11.3 Å². The van der Waals surface area contributed by atoms with Crippen molar-refractivity contribution in [3.8, 4) is 0 Å². The predicted octanol–water partition coefficient (Wildman–Crippen LogP) is 4.18. The zero-order chi connectivity index (χ0) is 20.8. The van der Waals surface area contributed by atoms with Gasteiger partial charge in [-0.15, -0.1) is 0 Å². The Morgan fingerprint density at radius 2 is 1.80 bits per heavy atom. The third kappa shape index (κ3) is 5.03. The number of benzene rings is 2. The molecule has 1 aliphatic rings. The number of nitrogens with zero attached hydrogens (tertiary/aromatic N) is 2. The summed E-state index contributed by atoms with van der Waals surface area (Å²) >= 11 is 0. The van der Waals surface area contributed by atoms with Crippen LogP contribution in [0.25, 0.3) is 10.8 Å². The Hall–Kier alpha value is -3.21. The maximum Gasteiger partial charge on any atom is 0.253 e. The predicted molar refractivity (Wildman–Crippen MR) is 118 cm³/mol. The highest BCUT2D eigenvalue weighted by Gasteiger charge is 2.24. The molecule has 0 spiro atoms. The SMILES string of the molecule is O=C(CCC1CCN(C(=O)c2ccc3ccccc3c2)CC1)NCc1cccnc1. The van der Waals surface area contributed by atoms with Crippen LogP contribution in [0.2, 0.25) is 0 Å². The zero-order valence-corrected chi connectivity index (χ0v) is 17.1. The van der Waals surface area contributed by atoms with Crippen LogP contribution in [0.1, 0.15) is 41.6 Å². The van der Waals surface area contributed by atoms with E-state index >= 15 is 0 Å². The molecular formula is C25H27N3O2. The van der Waals surface area contributed by atoms with Crippen LogP contribution in [-0.4, -0.2) is 34.8 Å². The summed E-state index contributed by atoms with van der Waals surface area (Å²) in [5, 5.41) is 5.20. The van der Waals surface area contributed by atoms with Crippen LogP contribution in [0.5, 0.6) is 0 Å². The van der Waals surface area contributed by atoms with Crippen molar-refractivity contribution in [2.45, 2.75) is 32.2 Å². The number of pyridine rings is 1. The summed E-state index contributed by atoms with van der Waals surface area (Å²) in [6.45, 7) is 2.03. The zero-order valence-electron chi connectivity index (χ0n) is 17.1. The first-order valence-corrected chi connectivity index (χ1v) is 10.6. The highest BCUT2D eigenvalue weighted by Crippen LogP contribution is 2.24. The molecule has 1 aromatic heterocycles. The topological polar surface area (TPSA) is 62.3 Å². The van der Waals surface area contributed by atoms with E-state index in [1.807, 2.05) is 53.4 Å². The third-order valence-electron chi connectivity index (χ3n) is 5.89. The number of likely N-dealkylation sites (tertiary alicyclic amines) is 1. The fourth-order valence-electron chi connectivity index (χ4n) is 4.06. The number of carbonyl (C=O) groups excluding carboxylic acids is 2. The molecule has 3 aromatic rings. The standard InChI is InChI=1S/C25H27N3O2/c29-24(27-18-20-4-3-13-26-17-20)10-7-19-11-14-28(15-12-19)25(30)23-9-8-21-5-1-2-6-22(21)16-23/h1-6,8-9,13,16-17,19H,7,10-12,14-15,18H2,(H,27,29). The normalized spacial score (nSPS) is 14.6. The van der Waals surface area contributed by atoms with Crippen molar-refractivity contribution in [3.63, 3.8) is 0 Å². The number of carbonyl (C=O) groups is 2. The summed E-state index contributed by atoms with van der Waals surface area (Å²) < 4.78 is 0. The summed E-state index contributed by atoms with van der Waals surface area (Å²) in [6.07, 6.45) is 6.80. The molecule has 1 aliphatic heterocycles. The summed E-state index contributed by atoms with van der Waals surface area (Å²) in [5.74, 6) is 0.678. The summed E-state index contributed by atoms with van der Waals surface area (Å²) in [4.78, 5) is 31.0. The summed E-state index contributed by atoms with van der Waals surface area (Å²) in [6, 6.07) is 17.8. The highest BCUT2D eigenvalue weighted by molar-refractivity contribution is 5.98. The maximum atomic E-state index is 12.9. The number of piperidine rings is 1. The molecule has 1 fully saturated rings. The second-order valence-electron chi connectivity index (χ2n) is 7.97. The Morgan fingerprint density at radius 3 is 2.57 bits per heavy atom. The molecule has 1 N–H and O–H groups in total. The molecule has 0 unspecified atom stereocenters. The van der Waals surface area contributed by atoms with Gasteiger partial charge in [-0.25, -0.2) is 0 Å². The van der Waals surface area contributed by atoms with E-state index in [1.54, 1.807) is 12.4 Å². The number of nitrogens with one attached hydrogen (secondary N) is 1. The van der Waals surface area contributed by atoms with E-state index in [-0.39, 0.29) is 11.8 Å². The van der Waals surface area contributed by atoms with Gasteiger partial charge in [0.1, 0.15) is 0 Å². The molecule has 0 aliphatic carbocycles. The minimum atomic E-state index is 0.0773. The van der Waals surface area contributed by atoms with Crippen LogP contribution >= 0.6 is 0 Å². The fraction of sp³-hybridized carbons (Fsp3) is 0.320. The van der Waals surface area contributed by atoms with E-state index in [4.69, 9.17) is 0 Å². The van der Waals surface area contributed by atoms with Crippen molar-refractivity contribution >= 4 is 22.6 Å². The fourth-order valence-corrected chi connectivity index (χ4v) is 4.06. The van der Waals surface area contributed by atoms with Gasteiger partial charge in [0, 0.05) is 44.0 Å². The van der Waals surface area contributed by atoms with E-state index in [0.717, 1.165) is 54.3 Å². The third-order valence-corrected chi connectivity index (χ3v) is 5.89. The smallest absolute Gasteiger partial charge is 0.253 e. The molecule has 2 aromatic carbocycles. The van der Waals surface area contributed by atoms with Crippen LogP contribution in [0, 0.1) is 5.92 Å².